The van der Waals surface area contributed by atoms with Crippen LogP contribution in [0.5, 0.6) is 5.75 Å². The average Bonchev–Trinajstić information content (AvgIpc) is 3.55. The number of anilines is 2. The number of carbonyl (C=O) groups is 3. The lowest BCUT2D eigenvalue weighted by Gasteiger charge is -2.13. The van der Waals surface area contributed by atoms with Gasteiger partial charge >= 0.3 is 0 Å². The molecule has 0 bridgehead atoms. The van der Waals surface area contributed by atoms with E-state index in [9.17, 15) is 14.4 Å². The largest absolute Gasteiger partial charge is 0.497 e. The number of hydrogen-bond donors (Lipinski definition) is 3. The van der Waals surface area contributed by atoms with E-state index < -0.39 is 17.1 Å². The number of carbonyl (C=O) groups excluding carboxylic acids is 3. The van der Waals surface area contributed by atoms with Gasteiger partial charge in [-0.2, -0.15) is 0 Å². The quantitative estimate of drug-likeness (QED) is 0.0939. The number of aromatic nitrogens is 1. The van der Waals surface area contributed by atoms with Crippen LogP contribution >= 0.6 is 46.3 Å². The Morgan fingerprint density at radius 3 is 2.32 bits per heavy atom. The highest BCUT2D eigenvalue weighted by atomic mass is 35.5. The van der Waals surface area contributed by atoms with Crippen molar-refractivity contribution < 1.29 is 19.1 Å². The average molecular weight is 704 g/mol. The van der Waals surface area contributed by atoms with E-state index in [-0.39, 0.29) is 11.6 Å². The summed E-state index contributed by atoms with van der Waals surface area (Å²) in [6.45, 7) is 1.81. The second kappa shape index (κ2) is 15.8. The number of thioether (sulfide) groups is 1. The van der Waals surface area contributed by atoms with Gasteiger partial charge < -0.3 is 20.7 Å². The second-order valence-electron chi connectivity index (χ2n) is 10.0. The topological polar surface area (TPSA) is 109 Å². The maximum atomic E-state index is 13.4. The fourth-order valence-corrected chi connectivity index (χ4v) is 6.28. The first-order chi connectivity index (χ1) is 22.7. The Hall–Kier alpha value is -4.61. The summed E-state index contributed by atoms with van der Waals surface area (Å²) >= 11 is 15.1. The molecule has 4 aromatic carbocycles. The Bertz CT molecular complexity index is 1910. The minimum atomic E-state index is -0.550. The van der Waals surface area contributed by atoms with E-state index in [1.807, 2.05) is 36.6 Å². The third-order valence-electron chi connectivity index (χ3n) is 6.71. The van der Waals surface area contributed by atoms with Crippen molar-refractivity contribution in [3.8, 4) is 17.0 Å². The van der Waals surface area contributed by atoms with Gasteiger partial charge in [-0.15, -0.1) is 23.1 Å². The molecule has 5 aromatic rings. The van der Waals surface area contributed by atoms with E-state index in [0.29, 0.717) is 32.0 Å². The minimum absolute atomic E-state index is 0.0100. The minimum Gasteiger partial charge on any atom is -0.497 e. The summed E-state index contributed by atoms with van der Waals surface area (Å²) in [5.41, 5.74) is 3.06. The van der Waals surface area contributed by atoms with Gasteiger partial charge in [-0.1, -0.05) is 47.5 Å². The SMILES string of the molecule is COc1ccc(-c2csc(NC(=O)C(C)Sc3ccc(NC(=O)/C(=C/c4ccc(Cl)cc4Cl)NC(=O)c4ccccc4)cc3)n2)cc1. The van der Waals surface area contributed by atoms with Gasteiger partial charge in [0.05, 0.1) is 18.1 Å². The lowest BCUT2D eigenvalue weighted by atomic mass is 10.1. The molecule has 1 aromatic heterocycles. The normalized spacial score (nSPS) is 11.8. The predicted octanol–water partition coefficient (Wildman–Crippen LogP) is 8.65. The summed E-state index contributed by atoms with van der Waals surface area (Å²) in [4.78, 5) is 44.6. The van der Waals surface area contributed by atoms with Gasteiger partial charge in [-0.25, -0.2) is 4.98 Å². The van der Waals surface area contributed by atoms with E-state index in [2.05, 4.69) is 20.9 Å². The fraction of sp³-hybridized carbons (Fsp3) is 0.0857. The van der Waals surface area contributed by atoms with Crippen molar-refractivity contribution >= 4 is 80.9 Å². The molecule has 5 rings (SSSR count). The highest BCUT2D eigenvalue weighted by molar-refractivity contribution is 8.00. The predicted molar refractivity (Wildman–Crippen MR) is 191 cm³/mol. The molecule has 0 radical (unpaired) electrons. The van der Waals surface area contributed by atoms with Crippen LogP contribution in [-0.4, -0.2) is 35.1 Å². The Balaban J connectivity index is 1.22. The number of methoxy groups -OCH3 is 1. The lowest BCUT2D eigenvalue weighted by molar-refractivity contribution is -0.115. The molecule has 0 aliphatic heterocycles. The maximum absolute atomic E-state index is 13.4. The van der Waals surface area contributed by atoms with Gasteiger partial charge in [-0.05, 0) is 91.4 Å². The molecule has 238 valence electrons. The molecular weight excluding hydrogens is 675 g/mol. The summed E-state index contributed by atoms with van der Waals surface area (Å²) in [6.07, 6.45) is 1.49. The first kappa shape index (κ1) is 33.7. The number of amides is 3. The Labute approximate surface area is 290 Å². The van der Waals surface area contributed by atoms with E-state index >= 15 is 0 Å². The fourth-order valence-electron chi connectivity index (χ4n) is 4.22. The smallest absolute Gasteiger partial charge is 0.272 e. The number of ether oxygens (including phenoxy) is 1. The molecular formula is C35H28Cl2N4O4S2. The molecule has 12 heteroatoms. The van der Waals surface area contributed by atoms with Gasteiger partial charge in [0.2, 0.25) is 5.91 Å². The molecule has 0 saturated carbocycles. The van der Waals surface area contributed by atoms with Gasteiger partial charge in [0.15, 0.2) is 5.13 Å². The second-order valence-corrected chi connectivity index (χ2v) is 13.2. The highest BCUT2D eigenvalue weighted by Gasteiger charge is 2.18. The standard InChI is InChI=1S/C35H28Cl2N4O4S2/c1-21(32(42)41-35-40-31(20-46-35)22-9-14-27(45-2)15-10-22)47-28-16-12-26(13-17-28)38-34(44)30(18-24-8-11-25(36)19-29(24)37)39-33(43)23-6-4-3-5-7-23/h3-21H,1-2H3,(H,38,44)(H,39,43)(H,40,41,42)/b30-18-. The highest BCUT2D eigenvalue weighted by Crippen LogP contribution is 2.29. The van der Waals surface area contributed by atoms with Crippen LogP contribution < -0.4 is 20.7 Å². The molecule has 1 unspecified atom stereocenters. The molecule has 0 aliphatic rings. The number of rotatable bonds is 11. The molecule has 1 atom stereocenters. The molecule has 47 heavy (non-hydrogen) atoms. The zero-order chi connectivity index (χ0) is 33.3. The van der Waals surface area contributed by atoms with Crippen LogP contribution in [0.1, 0.15) is 22.8 Å². The summed E-state index contributed by atoms with van der Waals surface area (Å²) in [7, 11) is 1.61. The zero-order valence-corrected chi connectivity index (χ0v) is 28.3. The van der Waals surface area contributed by atoms with Crippen molar-refractivity contribution in [1.82, 2.24) is 10.3 Å². The molecule has 3 N–H and O–H groups in total. The number of thiazole rings is 1. The number of hydrogen-bond acceptors (Lipinski definition) is 7. The van der Waals surface area contributed by atoms with Gasteiger partial charge in [0, 0.05) is 37.1 Å². The summed E-state index contributed by atoms with van der Waals surface area (Å²) in [5, 5.41) is 11.1. The molecule has 8 nitrogen and oxygen atoms in total. The summed E-state index contributed by atoms with van der Waals surface area (Å²) < 4.78 is 5.20. The Morgan fingerprint density at radius 1 is 0.915 bits per heavy atom. The summed E-state index contributed by atoms with van der Waals surface area (Å²) in [6, 6.07) is 28.0. The lowest BCUT2D eigenvalue weighted by Crippen LogP contribution is -2.30. The van der Waals surface area contributed by atoms with Crippen LogP contribution in [0.25, 0.3) is 17.3 Å². The summed E-state index contributed by atoms with van der Waals surface area (Å²) in [5.74, 6) is -0.434. The van der Waals surface area contributed by atoms with Crippen LogP contribution in [0.2, 0.25) is 10.0 Å². The molecule has 0 aliphatic carbocycles. The first-order valence-corrected chi connectivity index (χ1v) is 16.7. The van der Waals surface area contributed by atoms with E-state index in [1.165, 1.54) is 29.2 Å². The van der Waals surface area contributed by atoms with Crippen LogP contribution in [0.3, 0.4) is 0 Å². The van der Waals surface area contributed by atoms with E-state index in [4.69, 9.17) is 27.9 Å². The zero-order valence-electron chi connectivity index (χ0n) is 25.1. The molecule has 0 spiro atoms. The third-order valence-corrected chi connectivity index (χ3v) is 9.14. The molecule has 3 amide bonds. The monoisotopic (exact) mass is 702 g/mol. The Kier molecular flexibility index (Phi) is 11.3. The van der Waals surface area contributed by atoms with Crippen molar-refractivity contribution in [3.63, 3.8) is 0 Å². The van der Waals surface area contributed by atoms with Gasteiger partial charge in [0.25, 0.3) is 11.8 Å². The van der Waals surface area contributed by atoms with Crippen LogP contribution in [0.15, 0.2) is 113 Å². The number of halogens is 2. The molecule has 0 fully saturated rings. The molecule has 1 heterocycles. The third kappa shape index (κ3) is 9.24. The van der Waals surface area contributed by atoms with Gasteiger partial charge in [-0.3, -0.25) is 14.4 Å². The van der Waals surface area contributed by atoms with Crippen molar-refractivity contribution in [2.75, 3.05) is 17.7 Å². The van der Waals surface area contributed by atoms with E-state index in [0.717, 1.165) is 21.9 Å². The van der Waals surface area contributed by atoms with Crippen molar-refractivity contribution in [3.05, 3.63) is 129 Å². The first-order valence-electron chi connectivity index (χ1n) is 14.2. The Morgan fingerprint density at radius 2 is 1.64 bits per heavy atom. The number of nitrogens with one attached hydrogen (secondary N) is 3. The van der Waals surface area contributed by atoms with Crippen molar-refractivity contribution in [2.45, 2.75) is 17.1 Å². The van der Waals surface area contributed by atoms with E-state index in [1.54, 1.807) is 79.9 Å². The van der Waals surface area contributed by atoms with Crippen LogP contribution in [0.4, 0.5) is 10.8 Å². The number of benzene rings is 4. The maximum Gasteiger partial charge on any atom is 0.272 e. The van der Waals surface area contributed by atoms with Crippen molar-refractivity contribution in [2.24, 2.45) is 0 Å². The molecule has 0 saturated heterocycles. The van der Waals surface area contributed by atoms with Gasteiger partial charge in [0.1, 0.15) is 11.4 Å². The van der Waals surface area contributed by atoms with Crippen LogP contribution in [0, 0.1) is 0 Å². The van der Waals surface area contributed by atoms with Crippen molar-refractivity contribution in [1.29, 1.82) is 0 Å². The van der Waals surface area contributed by atoms with Crippen LogP contribution in [-0.2, 0) is 9.59 Å². The number of nitrogens with zero attached hydrogens (tertiary/aromatic N) is 1.